The second kappa shape index (κ2) is 3.82. The van der Waals surface area contributed by atoms with E-state index in [4.69, 9.17) is 0 Å². The summed E-state index contributed by atoms with van der Waals surface area (Å²) in [5.41, 5.74) is -0.489. The van der Waals surface area contributed by atoms with Crippen LogP contribution in [0.1, 0.15) is 46.0 Å². The van der Waals surface area contributed by atoms with Gasteiger partial charge in [0, 0.05) is 19.1 Å². The molecule has 0 atom stereocenters. The third-order valence-electron chi connectivity index (χ3n) is 3.26. The number of hydrogen-bond acceptors (Lipinski definition) is 2. The molecule has 0 heterocycles. The van der Waals surface area contributed by atoms with Gasteiger partial charge in [-0.25, -0.2) is 0 Å². The van der Waals surface area contributed by atoms with Gasteiger partial charge in [0.15, 0.2) is 0 Å². The maximum absolute atomic E-state index is 9.69. The molecule has 2 aliphatic carbocycles. The minimum absolute atomic E-state index is 0.489. The van der Waals surface area contributed by atoms with Crippen molar-refractivity contribution in [1.29, 1.82) is 0 Å². The third-order valence-corrected chi connectivity index (χ3v) is 3.26. The van der Waals surface area contributed by atoms with Crippen LogP contribution in [0.5, 0.6) is 0 Å². The molecular formula is C12H23NO. The number of hydrogen-bond donors (Lipinski definition) is 1. The molecule has 14 heavy (non-hydrogen) atoms. The molecule has 0 aromatic carbocycles. The van der Waals surface area contributed by atoms with E-state index in [2.05, 4.69) is 4.90 Å². The molecule has 2 rings (SSSR count). The van der Waals surface area contributed by atoms with Gasteiger partial charge in [0.05, 0.1) is 5.60 Å². The largest absolute Gasteiger partial charge is 0.390 e. The van der Waals surface area contributed by atoms with Crippen LogP contribution in [-0.2, 0) is 0 Å². The smallest absolute Gasteiger partial charge is 0.0603 e. The van der Waals surface area contributed by atoms with Crippen LogP contribution in [0.2, 0.25) is 0 Å². The summed E-state index contributed by atoms with van der Waals surface area (Å²) >= 11 is 0. The van der Waals surface area contributed by atoms with Gasteiger partial charge in [-0.15, -0.1) is 0 Å². The molecule has 1 N–H and O–H groups in total. The first-order valence-electron chi connectivity index (χ1n) is 6.01. The summed E-state index contributed by atoms with van der Waals surface area (Å²) in [6, 6.07) is 0.859. The van der Waals surface area contributed by atoms with Gasteiger partial charge in [0.25, 0.3) is 0 Å². The molecule has 0 aromatic heterocycles. The lowest BCUT2D eigenvalue weighted by atomic mass is 10.1. The Morgan fingerprint density at radius 3 is 2.29 bits per heavy atom. The van der Waals surface area contributed by atoms with Gasteiger partial charge in [0.1, 0.15) is 0 Å². The van der Waals surface area contributed by atoms with Crippen LogP contribution in [0, 0.1) is 5.92 Å². The molecule has 0 spiro atoms. The van der Waals surface area contributed by atoms with E-state index in [0.717, 1.165) is 24.9 Å². The Morgan fingerprint density at radius 1 is 1.21 bits per heavy atom. The topological polar surface area (TPSA) is 23.5 Å². The highest BCUT2D eigenvalue weighted by molar-refractivity contribution is 4.89. The van der Waals surface area contributed by atoms with Crippen LogP contribution in [0.15, 0.2) is 0 Å². The molecular weight excluding hydrogens is 174 g/mol. The molecule has 2 aliphatic rings. The summed E-state index contributed by atoms with van der Waals surface area (Å²) in [6.45, 7) is 6.20. The van der Waals surface area contributed by atoms with Crippen molar-refractivity contribution in [2.75, 3.05) is 13.1 Å². The number of rotatable bonds is 6. The minimum atomic E-state index is -0.489. The van der Waals surface area contributed by atoms with E-state index in [9.17, 15) is 5.11 Å². The van der Waals surface area contributed by atoms with Crippen LogP contribution in [0.25, 0.3) is 0 Å². The molecule has 0 unspecified atom stereocenters. The van der Waals surface area contributed by atoms with Crippen molar-refractivity contribution >= 4 is 0 Å². The molecule has 82 valence electrons. The molecule has 0 saturated heterocycles. The Bertz CT molecular complexity index is 189. The van der Waals surface area contributed by atoms with E-state index >= 15 is 0 Å². The fraction of sp³-hybridized carbons (Fsp3) is 1.00. The Hall–Kier alpha value is -0.0800. The summed E-state index contributed by atoms with van der Waals surface area (Å²) in [5.74, 6) is 0.984. The zero-order valence-electron chi connectivity index (χ0n) is 9.50. The van der Waals surface area contributed by atoms with Crippen LogP contribution >= 0.6 is 0 Å². The molecule has 0 bridgehead atoms. The Labute approximate surface area is 87.3 Å². The Balaban J connectivity index is 1.72. The van der Waals surface area contributed by atoms with Crippen LogP contribution < -0.4 is 0 Å². The third kappa shape index (κ3) is 3.58. The lowest BCUT2D eigenvalue weighted by Crippen LogP contribution is -2.34. The average molecular weight is 197 g/mol. The molecule has 0 amide bonds. The van der Waals surface area contributed by atoms with Gasteiger partial charge in [0.2, 0.25) is 0 Å². The summed E-state index contributed by atoms with van der Waals surface area (Å²) in [4.78, 5) is 2.61. The molecule has 0 radical (unpaired) electrons. The summed E-state index contributed by atoms with van der Waals surface area (Å²) in [7, 11) is 0. The zero-order valence-corrected chi connectivity index (χ0v) is 9.50. The first kappa shape index (κ1) is 10.4. The lowest BCUT2D eigenvalue weighted by Gasteiger charge is -2.26. The second-order valence-corrected chi connectivity index (χ2v) is 5.73. The van der Waals surface area contributed by atoms with Gasteiger partial charge < -0.3 is 10.0 Å². The predicted molar refractivity (Wildman–Crippen MR) is 58.2 cm³/mol. The Kier molecular flexibility index (Phi) is 2.85. The van der Waals surface area contributed by atoms with E-state index in [1.807, 2.05) is 13.8 Å². The van der Waals surface area contributed by atoms with Crippen LogP contribution in [-0.4, -0.2) is 34.7 Å². The summed E-state index contributed by atoms with van der Waals surface area (Å²) in [5, 5.41) is 9.69. The van der Waals surface area contributed by atoms with Crippen LogP contribution in [0.4, 0.5) is 0 Å². The number of aliphatic hydroxyl groups is 1. The first-order valence-corrected chi connectivity index (χ1v) is 6.01. The van der Waals surface area contributed by atoms with E-state index in [1.54, 1.807) is 0 Å². The quantitative estimate of drug-likeness (QED) is 0.704. The SMILES string of the molecule is CC(C)(O)CCN(CC1CC1)C1CC1. The van der Waals surface area contributed by atoms with E-state index in [-0.39, 0.29) is 0 Å². The normalized spacial score (nSPS) is 23.1. The predicted octanol–water partition coefficient (Wildman–Crippen LogP) is 2.02. The second-order valence-electron chi connectivity index (χ2n) is 5.73. The van der Waals surface area contributed by atoms with Gasteiger partial charge in [-0.05, 0) is 51.9 Å². The van der Waals surface area contributed by atoms with E-state index in [0.29, 0.717) is 0 Å². The zero-order chi connectivity index (χ0) is 10.2. The highest BCUT2D eigenvalue weighted by Gasteiger charge is 2.33. The fourth-order valence-electron chi connectivity index (χ4n) is 1.91. The summed E-state index contributed by atoms with van der Waals surface area (Å²) in [6.07, 6.45) is 6.56. The minimum Gasteiger partial charge on any atom is -0.390 e. The molecule has 2 heteroatoms. The molecule has 2 fully saturated rings. The monoisotopic (exact) mass is 197 g/mol. The van der Waals surface area contributed by atoms with Gasteiger partial charge in [-0.3, -0.25) is 0 Å². The molecule has 2 nitrogen and oxygen atoms in total. The van der Waals surface area contributed by atoms with Crippen LogP contribution in [0.3, 0.4) is 0 Å². The van der Waals surface area contributed by atoms with Crippen molar-refractivity contribution in [2.45, 2.75) is 57.6 Å². The van der Waals surface area contributed by atoms with Crippen molar-refractivity contribution in [3.8, 4) is 0 Å². The highest BCUT2D eigenvalue weighted by Crippen LogP contribution is 2.35. The highest BCUT2D eigenvalue weighted by atomic mass is 16.3. The van der Waals surface area contributed by atoms with Crippen molar-refractivity contribution in [3.05, 3.63) is 0 Å². The molecule has 0 aromatic rings. The van der Waals surface area contributed by atoms with Gasteiger partial charge in [-0.1, -0.05) is 0 Å². The molecule has 0 aliphatic heterocycles. The lowest BCUT2D eigenvalue weighted by molar-refractivity contribution is 0.0558. The fourth-order valence-corrected chi connectivity index (χ4v) is 1.91. The summed E-state index contributed by atoms with van der Waals surface area (Å²) < 4.78 is 0. The maximum Gasteiger partial charge on any atom is 0.0603 e. The van der Waals surface area contributed by atoms with E-state index in [1.165, 1.54) is 32.2 Å². The van der Waals surface area contributed by atoms with Gasteiger partial charge in [-0.2, -0.15) is 0 Å². The maximum atomic E-state index is 9.69. The van der Waals surface area contributed by atoms with Crippen molar-refractivity contribution < 1.29 is 5.11 Å². The first-order chi connectivity index (χ1) is 6.54. The molecule has 2 saturated carbocycles. The van der Waals surface area contributed by atoms with Crippen molar-refractivity contribution in [3.63, 3.8) is 0 Å². The number of nitrogens with zero attached hydrogens (tertiary/aromatic N) is 1. The van der Waals surface area contributed by atoms with Crippen molar-refractivity contribution in [1.82, 2.24) is 4.90 Å². The Morgan fingerprint density at radius 2 is 1.86 bits per heavy atom. The van der Waals surface area contributed by atoms with Gasteiger partial charge >= 0.3 is 0 Å². The van der Waals surface area contributed by atoms with E-state index < -0.39 is 5.60 Å². The standard InChI is InChI=1S/C12H23NO/c1-12(2,14)7-8-13(11-5-6-11)9-10-3-4-10/h10-11,14H,3-9H2,1-2H3. The average Bonchev–Trinajstić information content (AvgIpc) is 2.87. The van der Waals surface area contributed by atoms with Crippen molar-refractivity contribution in [2.24, 2.45) is 5.92 Å².